The zero-order valence-corrected chi connectivity index (χ0v) is 13.4. The Morgan fingerprint density at radius 1 is 1.08 bits per heavy atom. The third-order valence-corrected chi connectivity index (χ3v) is 4.57. The van der Waals surface area contributed by atoms with Crippen molar-refractivity contribution in [1.29, 1.82) is 0 Å². The lowest BCUT2D eigenvalue weighted by Gasteiger charge is -2.26. The number of hydrogen-bond donors (Lipinski definition) is 3. The maximum Gasteiger partial charge on any atom is 0.139 e. The van der Waals surface area contributed by atoms with Gasteiger partial charge in [-0.3, -0.25) is 0 Å². The molecule has 3 N–H and O–H groups in total. The Balaban J connectivity index is 1.94. The van der Waals surface area contributed by atoms with Crippen LogP contribution in [0.5, 0.6) is 0 Å². The van der Waals surface area contributed by atoms with Crippen LogP contribution in [0.2, 0.25) is 0 Å². The molecular formula is C19H19NO4. The number of aliphatic hydroxyl groups excluding tert-OH is 2. The molecule has 2 aromatic carbocycles. The van der Waals surface area contributed by atoms with Crippen molar-refractivity contribution in [3.63, 3.8) is 0 Å². The molecule has 0 fully saturated rings. The van der Waals surface area contributed by atoms with Crippen LogP contribution in [0.15, 0.2) is 51.5 Å². The van der Waals surface area contributed by atoms with Crippen molar-refractivity contribution < 1.29 is 19.0 Å². The molecule has 2 heterocycles. The maximum atomic E-state index is 9.52. The first kappa shape index (κ1) is 15.2. The van der Waals surface area contributed by atoms with E-state index in [1.807, 2.05) is 36.4 Å². The first-order chi connectivity index (χ1) is 11.6. The van der Waals surface area contributed by atoms with Gasteiger partial charge in [0.05, 0.1) is 25.0 Å². The number of fused-ring (bicyclic) bond motifs is 4. The first-order valence-electron chi connectivity index (χ1n) is 7.92. The molecule has 0 amide bonds. The maximum absolute atomic E-state index is 9.52. The van der Waals surface area contributed by atoms with E-state index >= 15 is 0 Å². The molecule has 0 unspecified atom stereocenters. The molecule has 5 heteroatoms. The summed E-state index contributed by atoms with van der Waals surface area (Å²) in [5.41, 5.74) is 2.62. The molecule has 4 rings (SSSR count). The van der Waals surface area contributed by atoms with Crippen molar-refractivity contribution in [1.82, 2.24) is 5.32 Å². The Morgan fingerprint density at radius 3 is 2.67 bits per heavy atom. The van der Waals surface area contributed by atoms with E-state index in [1.165, 1.54) is 0 Å². The number of rotatable bonds is 5. The van der Waals surface area contributed by atoms with Gasteiger partial charge in [0.15, 0.2) is 0 Å². The second kappa shape index (κ2) is 5.63. The summed E-state index contributed by atoms with van der Waals surface area (Å²) in [6.07, 6.45) is 1.66. The zero-order chi connectivity index (χ0) is 16.7. The number of benzene rings is 2. The molecule has 0 bridgehead atoms. The van der Waals surface area contributed by atoms with Crippen molar-refractivity contribution in [2.45, 2.75) is 19.0 Å². The molecule has 0 saturated carbocycles. The van der Waals surface area contributed by atoms with Crippen molar-refractivity contribution in [3.8, 4) is 0 Å². The van der Waals surface area contributed by atoms with Crippen LogP contribution < -0.4 is 5.32 Å². The van der Waals surface area contributed by atoms with Gasteiger partial charge in [-0.25, -0.2) is 0 Å². The molecule has 2 aromatic heterocycles. The Bertz CT molecular complexity index is 1010. The Labute approximate surface area is 138 Å². The van der Waals surface area contributed by atoms with Gasteiger partial charge < -0.3 is 24.4 Å². The van der Waals surface area contributed by atoms with E-state index < -0.39 is 5.54 Å². The SMILES string of the molecule is CC(CO)(CO)NCc1c2occc2cc2oc3ccccc3c12. The van der Waals surface area contributed by atoms with Gasteiger partial charge in [-0.15, -0.1) is 0 Å². The lowest BCUT2D eigenvalue weighted by Crippen LogP contribution is -2.48. The molecule has 0 aliphatic heterocycles. The van der Waals surface area contributed by atoms with Crippen LogP contribution in [-0.4, -0.2) is 29.0 Å². The minimum Gasteiger partial charge on any atom is -0.464 e. The molecule has 0 saturated heterocycles. The predicted octanol–water partition coefficient (Wildman–Crippen LogP) is 3.17. The second-order valence-corrected chi connectivity index (χ2v) is 6.40. The Morgan fingerprint density at radius 2 is 1.88 bits per heavy atom. The summed E-state index contributed by atoms with van der Waals surface area (Å²) in [5, 5.41) is 25.3. The van der Waals surface area contributed by atoms with E-state index in [2.05, 4.69) is 5.32 Å². The number of hydrogen-bond acceptors (Lipinski definition) is 5. The standard InChI is InChI=1S/C19H19NO4/c1-19(10-21,11-22)20-9-14-17-13-4-2-3-5-15(13)24-16(17)8-12-6-7-23-18(12)14/h2-8,20-22H,9-11H2,1H3. The van der Waals surface area contributed by atoms with Gasteiger partial charge in [0, 0.05) is 28.3 Å². The van der Waals surface area contributed by atoms with Gasteiger partial charge in [-0.2, -0.15) is 0 Å². The average molecular weight is 325 g/mol. The number of aliphatic hydroxyl groups is 2. The van der Waals surface area contributed by atoms with Crippen LogP contribution in [-0.2, 0) is 6.54 Å². The highest BCUT2D eigenvalue weighted by Gasteiger charge is 2.24. The third kappa shape index (κ3) is 2.29. The summed E-state index contributed by atoms with van der Waals surface area (Å²) < 4.78 is 11.7. The smallest absolute Gasteiger partial charge is 0.139 e. The van der Waals surface area contributed by atoms with Gasteiger partial charge in [0.2, 0.25) is 0 Å². The topological polar surface area (TPSA) is 78.8 Å². The molecule has 24 heavy (non-hydrogen) atoms. The van der Waals surface area contributed by atoms with Crippen LogP contribution in [0.1, 0.15) is 12.5 Å². The van der Waals surface area contributed by atoms with E-state index in [9.17, 15) is 10.2 Å². The highest BCUT2D eigenvalue weighted by Crippen LogP contribution is 2.36. The summed E-state index contributed by atoms with van der Waals surface area (Å²) in [7, 11) is 0. The van der Waals surface area contributed by atoms with E-state index in [-0.39, 0.29) is 13.2 Å². The monoisotopic (exact) mass is 325 g/mol. The van der Waals surface area contributed by atoms with Gasteiger partial charge >= 0.3 is 0 Å². The first-order valence-corrected chi connectivity index (χ1v) is 7.92. The summed E-state index contributed by atoms with van der Waals surface area (Å²) >= 11 is 0. The Kier molecular flexibility index (Phi) is 3.57. The lowest BCUT2D eigenvalue weighted by atomic mass is 10.0. The second-order valence-electron chi connectivity index (χ2n) is 6.40. The molecular weight excluding hydrogens is 306 g/mol. The molecule has 0 aliphatic rings. The van der Waals surface area contributed by atoms with Crippen molar-refractivity contribution in [3.05, 3.63) is 48.2 Å². The lowest BCUT2D eigenvalue weighted by molar-refractivity contribution is 0.103. The fourth-order valence-corrected chi connectivity index (χ4v) is 3.04. The fraction of sp³-hybridized carbons (Fsp3) is 0.263. The summed E-state index contributed by atoms with van der Waals surface area (Å²) in [5.74, 6) is 0. The molecule has 5 nitrogen and oxygen atoms in total. The molecule has 0 atom stereocenters. The number of nitrogens with one attached hydrogen (secondary N) is 1. The van der Waals surface area contributed by atoms with E-state index in [4.69, 9.17) is 8.83 Å². The van der Waals surface area contributed by atoms with Gasteiger partial charge in [-0.05, 0) is 25.1 Å². The largest absolute Gasteiger partial charge is 0.464 e. The van der Waals surface area contributed by atoms with Gasteiger partial charge in [-0.1, -0.05) is 18.2 Å². The van der Waals surface area contributed by atoms with Gasteiger partial charge in [0.1, 0.15) is 16.7 Å². The van der Waals surface area contributed by atoms with Crippen LogP contribution in [0.25, 0.3) is 32.9 Å². The molecule has 4 aromatic rings. The van der Waals surface area contributed by atoms with Gasteiger partial charge in [0.25, 0.3) is 0 Å². The van der Waals surface area contributed by atoms with Crippen molar-refractivity contribution in [2.75, 3.05) is 13.2 Å². The molecule has 0 radical (unpaired) electrons. The predicted molar refractivity (Wildman–Crippen MR) is 92.9 cm³/mol. The Hall–Kier alpha value is -2.34. The summed E-state index contributed by atoms with van der Waals surface area (Å²) in [6, 6.07) is 11.8. The molecule has 124 valence electrons. The normalized spacial score (nSPS) is 12.6. The quantitative estimate of drug-likeness (QED) is 0.525. The number of para-hydroxylation sites is 1. The minimum absolute atomic E-state index is 0.160. The third-order valence-electron chi connectivity index (χ3n) is 4.57. The van der Waals surface area contributed by atoms with E-state index in [0.717, 1.165) is 38.5 Å². The van der Waals surface area contributed by atoms with Crippen molar-refractivity contribution >= 4 is 32.9 Å². The highest BCUT2D eigenvalue weighted by molar-refractivity contribution is 6.11. The van der Waals surface area contributed by atoms with Crippen LogP contribution in [0, 0.1) is 0 Å². The average Bonchev–Trinajstić information content (AvgIpc) is 3.22. The molecule has 0 aliphatic carbocycles. The van der Waals surface area contributed by atoms with Crippen molar-refractivity contribution in [2.24, 2.45) is 0 Å². The van der Waals surface area contributed by atoms with E-state index in [1.54, 1.807) is 13.2 Å². The zero-order valence-electron chi connectivity index (χ0n) is 13.4. The fourth-order valence-electron chi connectivity index (χ4n) is 3.04. The van der Waals surface area contributed by atoms with Crippen LogP contribution >= 0.6 is 0 Å². The minimum atomic E-state index is -0.763. The molecule has 0 spiro atoms. The van der Waals surface area contributed by atoms with Crippen LogP contribution in [0.3, 0.4) is 0 Å². The summed E-state index contributed by atoms with van der Waals surface area (Å²) in [4.78, 5) is 0. The van der Waals surface area contributed by atoms with Crippen LogP contribution in [0.4, 0.5) is 0 Å². The summed E-state index contributed by atoms with van der Waals surface area (Å²) in [6.45, 7) is 1.91. The number of furan rings is 2. The highest BCUT2D eigenvalue weighted by atomic mass is 16.3. The van der Waals surface area contributed by atoms with E-state index in [0.29, 0.717) is 6.54 Å².